The van der Waals surface area contributed by atoms with E-state index in [0.29, 0.717) is 45.0 Å². The Morgan fingerprint density at radius 3 is 1.48 bits per heavy atom. The topological polar surface area (TPSA) is 113 Å². The van der Waals surface area contributed by atoms with Gasteiger partial charge in [0.15, 0.2) is 19.8 Å². The van der Waals surface area contributed by atoms with Gasteiger partial charge in [0.1, 0.15) is 23.0 Å². The van der Waals surface area contributed by atoms with Gasteiger partial charge in [0.2, 0.25) is 0 Å². The summed E-state index contributed by atoms with van der Waals surface area (Å²) in [5, 5.41) is 1.23. The average Bonchev–Trinajstić information content (AvgIpc) is 3.42. The van der Waals surface area contributed by atoms with Crippen LogP contribution in [0.15, 0.2) is 208 Å². The van der Waals surface area contributed by atoms with Crippen molar-refractivity contribution in [3.05, 3.63) is 242 Å². The molecular formula is C60H60N2O9P4. The molecule has 2 aliphatic rings. The number of fused-ring (bicyclic) bond motifs is 6. The van der Waals surface area contributed by atoms with Gasteiger partial charge in [-0.1, -0.05) is 164 Å². The van der Waals surface area contributed by atoms with E-state index in [2.05, 4.69) is 26.3 Å². The fraction of sp³-hybridized carbons (Fsp3) is 0.167. The first kappa shape index (κ1) is 53.5. The van der Waals surface area contributed by atoms with Crippen LogP contribution in [-0.4, -0.2) is 35.5 Å². The molecular weight excluding hydrogens is 1020 g/mol. The van der Waals surface area contributed by atoms with E-state index in [0.717, 1.165) is 44.2 Å². The lowest BCUT2D eigenvalue weighted by Gasteiger charge is -2.38. The van der Waals surface area contributed by atoms with E-state index in [-0.39, 0.29) is 26.2 Å². The van der Waals surface area contributed by atoms with Crippen LogP contribution in [0.25, 0.3) is 22.3 Å². The van der Waals surface area contributed by atoms with Gasteiger partial charge in [-0.2, -0.15) is 9.34 Å². The van der Waals surface area contributed by atoms with E-state index in [1.54, 1.807) is 71.4 Å². The summed E-state index contributed by atoms with van der Waals surface area (Å²) in [7, 11) is -15.1. The van der Waals surface area contributed by atoms with Crippen LogP contribution in [0.3, 0.4) is 0 Å². The van der Waals surface area contributed by atoms with Crippen molar-refractivity contribution in [2.45, 2.75) is 39.4 Å². The predicted octanol–water partition coefficient (Wildman–Crippen LogP) is 16.1. The molecule has 0 radical (unpaired) electrons. The Morgan fingerprint density at radius 1 is 0.520 bits per heavy atom. The van der Waals surface area contributed by atoms with Gasteiger partial charge in [-0.05, 0) is 90.4 Å². The molecule has 0 aliphatic carbocycles. The number of nitrogens with zero attached hydrogens (tertiary/aromatic N) is 2. The first-order valence-electron chi connectivity index (χ1n) is 24.5. The molecule has 15 heteroatoms. The van der Waals surface area contributed by atoms with E-state index in [1.165, 1.54) is 4.67 Å². The molecule has 0 saturated heterocycles. The highest BCUT2D eigenvalue weighted by molar-refractivity contribution is 7.68. The summed E-state index contributed by atoms with van der Waals surface area (Å²) in [4.78, 5) is 0. The standard InChI is InChI=1S/C60H60N2O9P4/c1-9-39-61(40-10-2)74(64,68-57-43(5)23-21-24-44(57)6)70-59(72-55-33-19-15-29-51(55)49-27-13-17-31-53(49)66-72)47-35-37-48(38-36-47)60(73(63)56-34-20-16-30-52(56)50-28-14-18-32-54(50)67-73)71-75(65,62(41-11-3)42-12-4)69-58-45(7)25-22-26-46(58)8/h9-38,59-60H,1-4,39-42H2,5-8H3. The van der Waals surface area contributed by atoms with Crippen molar-refractivity contribution >= 4 is 41.6 Å². The summed E-state index contributed by atoms with van der Waals surface area (Å²) < 4.78 is 93.2. The van der Waals surface area contributed by atoms with Gasteiger partial charge < -0.3 is 18.1 Å². The lowest BCUT2D eigenvalue weighted by Crippen LogP contribution is -2.29. The van der Waals surface area contributed by atoms with Crippen LogP contribution in [0.5, 0.6) is 23.0 Å². The van der Waals surface area contributed by atoms with Gasteiger partial charge in [-0.25, -0.2) is 9.13 Å². The molecule has 0 N–H and O–H groups in total. The quantitative estimate of drug-likeness (QED) is 0.0478. The maximum Gasteiger partial charge on any atom is 0.463 e. The molecule has 0 amide bonds. The number of para-hydroxylation sites is 4. The molecule has 2 aliphatic heterocycles. The fourth-order valence-electron chi connectivity index (χ4n) is 9.29. The Morgan fingerprint density at radius 2 is 0.947 bits per heavy atom. The third-order valence-corrected chi connectivity index (χ3v) is 21.7. The molecule has 7 aromatic carbocycles. The highest BCUT2D eigenvalue weighted by Crippen LogP contribution is 2.70. The number of aryl methyl sites for hydroxylation is 4. The first-order chi connectivity index (χ1) is 36.2. The average molecular weight is 1080 g/mol. The first-order valence-corrected chi connectivity index (χ1v) is 30.5. The molecule has 9 rings (SSSR count). The number of benzene rings is 7. The second kappa shape index (κ2) is 22.9. The molecule has 11 nitrogen and oxygen atoms in total. The molecule has 75 heavy (non-hydrogen) atoms. The summed E-state index contributed by atoms with van der Waals surface area (Å²) in [6, 6.07) is 48.9. The Hall–Kier alpha value is -6.34. The largest absolute Gasteiger partial charge is 0.466 e. The van der Waals surface area contributed by atoms with Crippen molar-refractivity contribution in [2.24, 2.45) is 0 Å². The van der Waals surface area contributed by atoms with Crippen LogP contribution in [0, 0.1) is 27.7 Å². The minimum atomic E-state index is -4.56. The maximum absolute atomic E-state index is 16.6. The van der Waals surface area contributed by atoms with Crippen molar-refractivity contribution in [2.75, 3.05) is 26.2 Å². The zero-order chi connectivity index (χ0) is 52.9. The van der Waals surface area contributed by atoms with E-state index >= 15 is 13.7 Å². The zero-order valence-corrected chi connectivity index (χ0v) is 46.1. The van der Waals surface area contributed by atoms with Crippen LogP contribution in [0.4, 0.5) is 0 Å². The van der Waals surface area contributed by atoms with Crippen LogP contribution < -0.4 is 28.7 Å². The zero-order valence-electron chi connectivity index (χ0n) is 42.5. The van der Waals surface area contributed by atoms with Crippen molar-refractivity contribution in [3.63, 3.8) is 0 Å². The fourth-order valence-corrected chi connectivity index (χ4v) is 18.7. The van der Waals surface area contributed by atoms with Gasteiger partial charge in [-0.15, -0.1) is 26.3 Å². The van der Waals surface area contributed by atoms with E-state index in [4.69, 9.17) is 27.1 Å². The second-order valence-corrected chi connectivity index (χ2v) is 26.1. The summed E-state index contributed by atoms with van der Waals surface area (Å²) in [6.45, 7) is 23.8. The van der Waals surface area contributed by atoms with Crippen LogP contribution in [0.2, 0.25) is 0 Å². The van der Waals surface area contributed by atoms with Crippen LogP contribution in [0.1, 0.15) is 45.1 Å². The lowest BCUT2D eigenvalue weighted by atomic mass is 10.0. The third kappa shape index (κ3) is 10.8. The molecule has 0 saturated carbocycles. The molecule has 0 aromatic heterocycles. The molecule has 2 heterocycles. The molecule has 0 bridgehead atoms. The molecule has 384 valence electrons. The summed E-state index contributed by atoms with van der Waals surface area (Å²) in [5.41, 5.74) is 7.14. The predicted molar refractivity (Wildman–Crippen MR) is 305 cm³/mol. The van der Waals surface area contributed by atoms with E-state index in [9.17, 15) is 0 Å². The Labute approximate surface area is 442 Å². The summed E-state index contributed by atoms with van der Waals surface area (Å²) in [6.07, 6.45) is 6.49. The van der Waals surface area contributed by atoms with Crippen LogP contribution in [-0.2, 0) is 22.7 Å². The molecule has 6 atom stereocenters. The Kier molecular flexibility index (Phi) is 16.3. The minimum absolute atomic E-state index is 0.0660. The minimum Gasteiger partial charge on any atom is -0.466 e. The van der Waals surface area contributed by atoms with Gasteiger partial charge in [0.05, 0.1) is 5.30 Å². The highest BCUT2D eigenvalue weighted by Gasteiger charge is 2.51. The van der Waals surface area contributed by atoms with Crippen molar-refractivity contribution in [1.82, 2.24) is 9.34 Å². The molecule has 7 aromatic rings. The monoisotopic (exact) mass is 1080 g/mol. The maximum atomic E-state index is 16.6. The van der Waals surface area contributed by atoms with Gasteiger partial charge in [0.25, 0.3) is 0 Å². The second-order valence-electron chi connectivity index (χ2n) is 18.2. The smallest absolute Gasteiger partial charge is 0.463 e. The van der Waals surface area contributed by atoms with Crippen LogP contribution >= 0.6 is 31.0 Å². The Balaban J connectivity index is 1.24. The normalized spacial score (nSPS) is 17.7. The molecule has 6 unspecified atom stereocenters. The van der Waals surface area contributed by atoms with Gasteiger partial charge in [0, 0.05) is 42.6 Å². The SMILES string of the molecule is C=CCN(CC=C)P(=O)(Oc1c(C)cccc1C)OC(c1ccc(C(OP(=O)(Oc2c(C)cccc2C)N(CC=C)CC=C)P2(=O)Oc3ccccc3-c3ccccc32)cc1)P1Oc2ccccc2-c2ccccc21. The van der Waals surface area contributed by atoms with Crippen molar-refractivity contribution in [3.8, 4) is 45.3 Å². The third-order valence-electron chi connectivity index (χ3n) is 12.9. The summed E-state index contributed by atoms with van der Waals surface area (Å²) >= 11 is 0. The van der Waals surface area contributed by atoms with Gasteiger partial charge in [-0.3, -0.25) is 13.6 Å². The van der Waals surface area contributed by atoms with Crippen molar-refractivity contribution < 1.29 is 40.8 Å². The number of hydrogen-bond donors (Lipinski definition) is 0. The number of rotatable bonds is 22. The number of hydrogen-bond acceptors (Lipinski definition) is 9. The highest BCUT2D eigenvalue weighted by atomic mass is 31.2. The summed E-state index contributed by atoms with van der Waals surface area (Å²) in [5.74, 6) is -0.838. The van der Waals surface area contributed by atoms with E-state index in [1.807, 2.05) is 143 Å². The lowest BCUT2D eigenvalue weighted by molar-refractivity contribution is 0.188. The molecule has 0 fully saturated rings. The molecule has 0 spiro atoms. The Bertz CT molecular complexity index is 3370. The van der Waals surface area contributed by atoms with Crippen molar-refractivity contribution in [1.29, 1.82) is 0 Å². The van der Waals surface area contributed by atoms with Gasteiger partial charge >= 0.3 is 22.9 Å². The van der Waals surface area contributed by atoms with E-state index < -0.39 is 42.7 Å².